The average Bonchev–Trinajstić information content (AvgIpc) is 2.10. The Bertz CT molecular complexity index is 611. The first-order valence-corrected chi connectivity index (χ1v) is 4.71. The zero-order valence-electron chi connectivity index (χ0n) is 7.26. The van der Waals surface area contributed by atoms with Gasteiger partial charge in [-0.05, 0) is 34.5 Å². The van der Waals surface area contributed by atoms with E-state index >= 15 is 0 Å². The second-order valence-electron chi connectivity index (χ2n) is 2.92. The zero-order valence-corrected chi connectivity index (χ0v) is 8.84. The van der Waals surface area contributed by atoms with E-state index in [0.29, 0.717) is 15.4 Å². The number of hydrogen-bond acceptors (Lipinski definition) is 3. The fourth-order valence-electron chi connectivity index (χ4n) is 1.33. The van der Waals surface area contributed by atoms with Crippen LogP contribution >= 0.6 is 15.9 Å². The van der Waals surface area contributed by atoms with Gasteiger partial charge in [0, 0.05) is 4.47 Å². The molecule has 0 saturated heterocycles. The highest BCUT2D eigenvalue weighted by Gasteiger charge is 2.08. The summed E-state index contributed by atoms with van der Waals surface area (Å²) < 4.78 is 5.11. The van der Waals surface area contributed by atoms with Crippen LogP contribution in [0.1, 0.15) is 5.56 Å². The molecular weight excluding hydrogens is 250 g/mol. The summed E-state index contributed by atoms with van der Waals surface area (Å²) in [5.41, 5.74) is 0.641. The number of rotatable bonds is 0. The monoisotopic (exact) mass is 255 g/mol. The highest BCUT2D eigenvalue weighted by atomic mass is 79.9. The summed E-state index contributed by atoms with van der Waals surface area (Å²) in [6.45, 7) is 1.78. The molecule has 1 aromatic carbocycles. The topological polar surface area (TPSA) is 63.1 Å². The van der Waals surface area contributed by atoms with Crippen molar-refractivity contribution in [3.63, 3.8) is 0 Å². The summed E-state index contributed by atoms with van der Waals surface area (Å²) in [5, 5.41) is 0.402. The van der Waals surface area contributed by atoms with Gasteiger partial charge in [-0.1, -0.05) is 6.07 Å². The maximum Gasteiger partial charge on any atom is 0.419 e. The number of H-pyrrole nitrogens is 1. The third-order valence-corrected chi connectivity index (χ3v) is 2.64. The minimum atomic E-state index is -0.742. The SMILES string of the molecule is Cc1ccc(Br)c2[nH]c(=O)oc(=O)c12. The van der Waals surface area contributed by atoms with Crippen LogP contribution in [0.4, 0.5) is 0 Å². The Morgan fingerprint density at radius 2 is 2.07 bits per heavy atom. The van der Waals surface area contributed by atoms with Crippen LogP contribution in [0.2, 0.25) is 0 Å². The summed E-state index contributed by atoms with van der Waals surface area (Å²) in [5.74, 6) is -0.742. The molecule has 2 aromatic rings. The Hall–Kier alpha value is -1.36. The number of halogens is 1. The second-order valence-corrected chi connectivity index (χ2v) is 3.77. The number of aromatic nitrogens is 1. The first-order valence-electron chi connectivity index (χ1n) is 3.92. The largest absolute Gasteiger partial charge is 0.419 e. The lowest BCUT2D eigenvalue weighted by Gasteiger charge is -2.00. The fraction of sp³-hybridized carbons (Fsp3) is 0.111. The molecule has 0 atom stereocenters. The predicted octanol–water partition coefficient (Wildman–Crippen LogP) is 1.55. The van der Waals surface area contributed by atoms with Gasteiger partial charge >= 0.3 is 11.4 Å². The molecule has 0 aliphatic carbocycles. The Kier molecular flexibility index (Phi) is 2.03. The minimum Gasteiger partial charge on any atom is -0.372 e. The molecule has 0 fully saturated rings. The fourth-order valence-corrected chi connectivity index (χ4v) is 1.76. The number of benzene rings is 1. The molecule has 0 aliphatic rings. The van der Waals surface area contributed by atoms with E-state index in [0.717, 1.165) is 5.56 Å². The van der Waals surface area contributed by atoms with Crippen molar-refractivity contribution in [3.8, 4) is 0 Å². The van der Waals surface area contributed by atoms with Crippen molar-refractivity contribution < 1.29 is 4.42 Å². The zero-order chi connectivity index (χ0) is 10.3. The Labute approximate surface area is 86.7 Å². The Morgan fingerprint density at radius 1 is 1.36 bits per heavy atom. The molecule has 1 aromatic heterocycles. The predicted molar refractivity (Wildman–Crippen MR) is 55.5 cm³/mol. The molecule has 2 rings (SSSR count). The summed E-state index contributed by atoms with van der Waals surface area (Å²) in [4.78, 5) is 24.8. The van der Waals surface area contributed by atoms with Crippen molar-refractivity contribution >= 4 is 26.8 Å². The van der Waals surface area contributed by atoms with Crippen molar-refractivity contribution in [2.75, 3.05) is 0 Å². The van der Waals surface area contributed by atoms with Gasteiger partial charge in [-0.2, -0.15) is 0 Å². The number of nitrogens with one attached hydrogen (secondary N) is 1. The summed E-state index contributed by atoms with van der Waals surface area (Å²) >= 11 is 3.25. The minimum absolute atomic E-state index is 0.402. The first-order chi connectivity index (χ1) is 6.59. The van der Waals surface area contributed by atoms with Crippen LogP contribution in [0, 0.1) is 6.92 Å². The normalized spacial score (nSPS) is 10.7. The molecular formula is C9H6BrNO3. The molecule has 0 radical (unpaired) electrons. The third-order valence-electron chi connectivity index (χ3n) is 1.98. The lowest BCUT2D eigenvalue weighted by atomic mass is 10.1. The van der Waals surface area contributed by atoms with Crippen molar-refractivity contribution in [2.45, 2.75) is 6.92 Å². The van der Waals surface area contributed by atoms with Crippen molar-refractivity contribution in [1.82, 2.24) is 4.98 Å². The molecule has 14 heavy (non-hydrogen) atoms. The van der Waals surface area contributed by atoms with Gasteiger partial charge in [0.1, 0.15) is 0 Å². The highest BCUT2D eigenvalue weighted by Crippen LogP contribution is 2.20. The Balaban J connectivity index is 3.16. The van der Waals surface area contributed by atoms with Crippen LogP contribution in [0.3, 0.4) is 0 Å². The summed E-state index contributed by atoms with van der Waals surface area (Å²) in [6.07, 6.45) is 0. The molecule has 1 heterocycles. The molecule has 0 amide bonds. The van der Waals surface area contributed by atoms with E-state index < -0.39 is 11.4 Å². The van der Waals surface area contributed by atoms with Crippen LogP contribution in [-0.2, 0) is 0 Å². The average molecular weight is 256 g/mol. The smallest absolute Gasteiger partial charge is 0.372 e. The number of hydrogen-bond donors (Lipinski definition) is 1. The quantitative estimate of drug-likeness (QED) is 0.777. The van der Waals surface area contributed by atoms with E-state index in [-0.39, 0.29) is 0 Å². The molecule has 1 N–H and O–H groups in total. The van der Waals surface area contributed by atoms with Crippen LogP contribution in [-0.4, -0.2) is 4.98 Å². The van der Waals surface area contributed by atoms with Gasteiger partial charge in [-0.3, -0.25) is 4.98 Å². The van der Waals surface area contributed by atoms with Crippen molar-refractivity contribution in [2.24, 2.45) is 0 Å². The van der Waals surface area contributed by atoms with Crippen LogP contribution in [0.25, 0.3) is 10.9 Å². The van der Waals surface area contributed by atoms with Crippen LogP contribution in [0.5, 0.6) is 0 Å². The number of aromatic amines is 1. The van der Waals surface area contributed by atoms with Crippen molar-refractivity contribution in [1.29, 1.82) is 0 Å². The van der Waals surface area contributed by atoms with E-state index in [1.54, 1.807) is 19.1 Å². The molecule has 72 valence electrons. The van der Waals surface area contributed by atoms with E-state index in [1.807, 2.05) is 0 Å². The molecule has 4 nitrogen and oxygen atoms in total. The number of fused-ring (bicyclic) bond motifs is 1. The summed E-state index contributed by atoms with van der Waals surface area (Å²) in [6, 6.07) is 3.55. The van der Waals surface area contributed by atoms with E-state index in [2.05, 4.69) is 25.3 Å². The molecule has 0 aliphatic heterocycles. The van der Waals surface area contributed by atoms with Crippen LogP contribution in [0.15, 0.2) is 30.6 Å². The molecule has 0 spiro atoms. The number of aryl methyl sites for hydroxylation is 1. The lowest BCUT2D eigenvalue weighted by Crippen LogP contribution is -2.15. The van der Waals surface area contributed by atoms with Gasteiger partial charge in [-0.25, -0.2) is 9.59 Å². The highest BCUT2D eigenvalue weighted by molar-refractivity contribution is 9.10. The van der Waals surface area contributed by atoms with Crippen molar-refractivity contribution in [3.05, 3.63) is 43.1 Å². The lowest BCUT2D eigenvalue weighted by molar-refractivity contribution is 0.459. The van der Waals surface area contributed by atoms with Gasteiger partial charge in [0.2, 0.25) is 0 Å². The Morgan fingerprint density at radius 3 is 2.79 bits per heavy atom. The van der Waals surface area contributed by atoms with E-state index in [9.17, 15) is 9.59 Å². The first kappa shape index (κ1) is 9.21. The van der Waals surface area contributed by atoms with Gasteiger partial charge < -0.3 is 4.42 Å². The van der Waals surface area contributed by atoms with Gasteiger partial charge in [0.05, 0.1) is 10.9 Å². The molecule has 0 bridgehead atoms. The summed E-state index contributed by atoms with van der Waals surface area (Å²) in [7, 11) is 0. The van der Waals surface area contributed by atoms with Crippen LogP contribution < -0.4 is 11.4 Å². The maximum absolute atomic E-state index is 11.4. The molecule has 5 heteroatoms. The van der Waals surface area contributed by atoms with Gasteiger partial charge in [0.15, 0.2) is 0 Å². The van der Waals surface area contributed by atoms with E-state index in [4.69, 9.17) is 0 Å². The second kappa shape index (κ2) is 3.09. The van der Waals surface area contributed by atoms with E-state index in [1.165, 1.54) is 0 Å². The van der Waals surface area contributed by atoms with Gasteiger partial charge in [-0.15, -0.1) is 0 Å². The standard InChI is InChI=1S/C9H6BrNO3/c1-4-2-3-5(10)7-6(4)8(12)14-9(13)11-7/h2-3H,1H3,(H,11,13). The molecule has 0 unspecified atom stereocenters. The maximum atomic E-state index is 11.4. The van der Waals surface area contributed by atoms with Gasteiger partial charge in [0.25, 0.3) is 0 Å². The third kappa shape index (κ3) is 1.29. The molecule has 0 saturated carbocycles.